The van der Waals surface area contributed by atoms with Gasteiger partial charge in [-0.1, -0.05) is 29.8 Å². The molecule has 26 heavy (non-hydrogen) atoms. The van der Waals surface area contributed by atoms with Crippen molar-refractivity contribution in [3.05, 3.63) is 65.0 Å². The molecule has 3 rings (SSSR count). The van der Waals surface area contributed by atoms with Crippen molar-refractivity contribution >= 4 is 17.5 Å². The second kappa shape index (κ2) is 8.49. The van der Waals surface area contributed by atoms with Gasteiger partial charge in [-0.15, -0.1) is 10.2 Å². The Morgan fingerprint density at radius 1 is 1.15 bits per heavy atom. The Hall–Kier alpha value is -2.86. The number of carbonyl (C=O) groups excluding carboxylic acids is 1. The van der Waals surface area contributed by atoms with E-state index in [0.29, 0.717) is 29.8 Å². The molecule has 0 unspecified atom stereocenters. The number of aromatic nitrogens is 2. The Morgan fingerprint density at radius 3 is 2.65 bits per heavy atom. The first kappa shape index (κ1) is 17.9. The third-order valence-corrected chi connectivity index (χ3v) is 4.17. The quantitative estimate of drug-likeness (QED) is 0.686. The van der Waals surface area contributed by atoms with Crippen LogP contribution in [0, 0.1) is 0 Å². The van der Waals surface area contributed by atoms with Crippen LogP contribution in [0.5, 0.6) is 5.75 Å². The molecule has 0 aliphatic carbocycles. The molecule has 3 aromatic rings. The summed E-state index contributed by atoms with van der Waals surface area (Å²) < 4.78 is 10.7. The number of methoxy groups -OCH3 is 1. The maximum absolute atomic E-state index is 12.0. The van der Waals surface area contributed by atoms with E-state index in [2.05, 4.69) is 15.5 Å². The van der Waals surface area contributed by atoms with Crippen molar-refractivity contribution in [1.82, 2.24) is 15.5 Å². The Morgan fingerprint density at radius 2 is 1.92 bits per heavy atom. The molecular formula is C19H18ClN3O3. The van der Waals surface area contributed by atoms with Gasteiger partial charge in [0.1, 0.15) is 5.75 Å². The zero-order chi connectivity index (χ0) is 18.4. The number of ether oxygens (including phenoxy) is 1. The normalized spacial score (nSPS) is 10.5. The summed E-state index contributed by atoms with van der Waals surface area (Å²) in [7, 11) is 1.61. The maximum atomic E-state index is 12.0. The van der Waals surface area contributed by atoms with Gasteiger partial charge in [-0.25, -0.2) is 0 Å². The van der Waals surface area contributed by atoms with Crippen LogP contribution in [0.1, 0.15) is 17.9 Å². The van der Waals surface area contributed by atoms with Gasteiger partial charge in [-0.3, -0.25) is 4.79 Å². The van der Waals surface area contributed by atoms with Crippen molar-refractivity contribution in [2.45, 2.75) is 19.4 Å². The van der Waals surface area contributed by atoms with Gasteiger partial charge in [0, 0.05) is 30.0 Å². The summed E-state index contributed by atoms with van der Waals surface area (Å²) in [5, 5.41) is 11.5. The van der Waals surface area contributed by atoms with Crippen LogP contribution < -0.4 is 10.1 Å². The number of aryl methyl sites for hydroxylation is 1. The number of hydrogen-bond acceptors (Lipinski definition) is 5. The lowest BCUT2D eigenvalue weighted by atomic mass is 10.2. The first-order chi connectivity index (χ1) is 12.7. The number of nitrogens with zero attached hydrogens (tertiary/aromatic N) is 2. The van der Waals surface area contributed by atoms with Crippen LogP contribution in [-0.4, -0.2) is 23.2 Å². The maximum Gasteiger partial charge on any atom is 0.247 e. The molecule has 0 spiro atoms. The molecule has 0 fully saturated rings. The van der Waals surface area contributed by atoms with Gasteiger partial charge in [0.25, 0.3) is 0 Å². The van der Waals surface area contributed by atoms with E-state index in [4.69, 9.17) is 20.8 Å². The van der Waals surface area contributed by atoms with Crippen molar-refractivity contribution in [2.75, 3.05) is 7.11 Å². The monoisotopic (exact) mass is 371 g/mol. The molecular weight excluding hydrogens is 354 g/mol. The van der Waals surface area contributed by atoms with Gasteiger partial charge in [0.2, 0.25) is 17.7 Å². The molecule has 134 valence electrons. The average molecular weight is 372 g/mol. The number of rotatable bonds is 7. The minimum Gasteiger partial charge on any atom is -0.497 e. The van der Waals surface area contributed by atoms with Crippen molar-refractivity contribution in [3.8, 4) is 17.2 Å². The smallest absolute Gasteiger partial charge is 0.247 e. The minimum atomic E-state index is -0.103. The fourth-order valence-electron chi connectivity index (χ4n) is 2.35. The summed E-state index contributed by atoms with van der Waals surface area (Å²) in [6.45, 7) is 0.388. The van der Waals surface area contributed by atoms with E-state index in [1.165, 1.54) is 0 Å². The van der Waals surface area contributed by atoms with Gasteiger partial charge in [0.05, 0.1) is 7.11 Å². The molecule has 1 N–H and O–H groups in total. The third kappa shape index (κ3) is 4.61. The summed E-state index contributed by atoms with van der Waals surface area (Å²) in [5.74, 6) is 1.49. The van der Waals surface area contributed by atoms with Gasteiger partial charge in [-0.2, -0.15) is 0 Å². The number of carbonyl (C=O) groups is 1. The van der Waals surface area contributed by atoms with Gasteiger partial charge in [-0.05, 0) is 35.9 Å². The van der Waals surface area contributed by atoms with Crippen LogP contribution in [0.4, 0.5) is 0 Å². The molecule has 0 atom stereocenters. The highest BCUT2D eigenvalue weighted by Crippen LogP contribution is 2.21. The lowest BCUT2D eigenvalue weighted by Crippen LogP contribution is -2.23. The summed E-state index contributed by atoms with van der Waals surface area (Å²) in [4.78, 5) is 12.0. The first-order valence-electron chi connectivity index (χ1n) is 8.12. The third-order valence-electron chi connectivity index (χ3n) is 3.80. The summed E-state index contributed by atoms with van der Waals surface area (Å²) in [6.07, 6.45) is 0.631. The Balaban J connectivity index is 1.51. The highest BCUT2D eigenvalue weighted by Gasteiger charge is 2.11. The van der Waals surface area contributed by atoms with E-state index in [0.717, 1.165) is 16.9 Å². The van der Waals surface area contributed by atoms with E-state index in [-0.39, 0.29) is 12.3 Å². The van der Waals surface area contributed by atoms with E-state index >= 15 is 0 Å². The van der Waals surface area contributed by atoms with Crippen molar-refractivity contribution in [3.63, 3.8) is 0 Å². The number of hydrogen-bond donors (Lipinski definition) is 1. The molecule has 0 saturated heterocycles. The molecule has 0 aliphatic rings. The molecule has 7 heteroatoms. The van der Waals surface area contributed by atoms with Crippen LogP contribution in [0.25, 0.3) is 11.5 Å². The zero-order valence-corrected chi connectivity index (χ0v) is 15.0. The number of nitrogens with one attached hydrogen (secondary N) is 1. The summed E-state index contributed by atoms with van der Waals surface area (Å²) >= 11 is 6.07. The highest BCUT2D eigenvalue weighted by molar-refractivity contribution is 6.31. The molecule has 1 heterocycles. The predicted octanol–water partition coefficient (Wildman–Crippen LogP) is 3.65. The van der Waals surface area contributed by atoms with Crippen LogP contribution in [0.2, 0.25) is 5.02 Å². The Kier molecular flexibility index (Phi) is 5.86. The lowest BCUT2D eigenvalue weighted by Gasteiger charge is -2.06. The first-order valence-corrected chi connectivity index (χ1v) is 8.50. The largest absolute Gasteiger partial charge is 0.497 e. The van der Waals surface area contributed by atoms with E-state index in [9.17, 15) is 4.79 Å². The predicted molar refractivity (Wildman–Crippen MR) is 97.9 cm³/mol. The second-order valence-corrected chi connectivity index (χ2v) is 6.00. The van der Waals surface area contributed by atoms with Crippen LogP contribution in [0.15, 0.2) is 52.9 Å². The number of benzene rings is 2. The Labute approximate surface area is 156 Å². The van der Waals surface area contributed by atoms with E-state index < -0.39 is 0 Å². The van der Waals surface area contributed by atoms with Crippen LogP contribution in [-0.2, 0) is 17.8 Å². The molecule has 2 aromatic carbocycles. The molecule has 6 nitrogen and oxygen atoms in total. The molecule has 0 bridgehead atoms. The molecule has 0 saturated carbocycles. The molecule has 0 radical (unpaired) electrons. The number of halogens is 1. The SMILES string of the molecule is COc1ccc(-c2nnc(CCC(=O)NCc3ccccc3Cl)o2)cc1. The van der Waals surface area contributed by atoms with E-state index in [1.54, 1.807) is 13.2 Å². The fraction of sp³-hybridized carbons (Fsp3) is 0.211. The second-order valence-electron chi connectivity index (χ2n) is 5.60. The Bertz CT molecular complexity index is 878. The average Bonchev–Trinajstić information content (AvgIpc) is 3.15. The zero-order valence-electron chi connectivity index (χ0n) is 14.2. The van der Waals surface area contributed by atoms with Crippen LogP contribution in [0.3, 0.4) is 0 Å². The van der Waals surface area contributed by atoms with Crippen LogP contribution >= 0.6 is 11.6 Å². The van der Waals surface area contributed by atoms with Gasteiger partial charge in [0.15, 0.2) is 0 Å². The standard InChI is InChI=1S/C19H18ClN3O3/c1-25-15-8-6-13(7-9-15)19-23-22-18(26-19)11-10-17(24)21-12-14-4-2-3-5-16(14)20/h2-9H,10-12H2,1H3,(H,21,24). The van der Waals surface area contributed by atoms with E-state index in [1.807, 2.05) is 42.5 Å². The minimum absolute atomic E-state index is 0.103. The van der Waals surface area contributed by atoms with Crippen molar-refractivity contribution < 1.29 is 13.9 Å². The van der Waals surface area contributed by atoms with Gasteiger partial charge >= 0.3 is 0 Å². The summed E-state index contributed by atoms with van der Waals surface area (Å²) in [5.41, 5.74) is 1.68. The fourth-order valence-corrected chi connectivity index (χ4v) is 2.55. The highest BCUT2D eigenvalue weighted by atomic mass is 35.5. The number of amides is 1. The molecule has 0 aliphatic heterocycles. The topological polar surface area (TPSA) is 77.2 Å². The van der Waals surface area contributed by atoms with Gasteiger partial charge < -0.3 is 14.5 Å². The lowest BCUT2D eigenvalue weighted by molar-refractivity contribution is -0.121. The van der Waals surface area contributed by atoms with Crippen molar-refractivity contribution in [2.24, 2.45) is 0 Å². The van der Waals surface area contributed by atoms with Crippen molar-refractivity contribution in [1.29, 1.82) is 0 Å². The summed E-state index contributed by atoms with van der Waals surface area (Å²) in [6, 6.07) is 14.7. The molecule has 1 aromatic heterocycles. The molecule has 1 amide bonds.